The average molecular weight is 524 g/mol. The van der Waals surface area contributed by atoms with Gasteiger partial charge in [0, 0.05) is 29.9 Å². The Morgan fingerprint density at radius 1 is 1.19 bits per heavy atom. The molecule has 3 atom stereocenters. The standard InChI is InChI=1S/C31H38ClNO4/c1-30(2,3)37-29(35)23-10-13-28-27(17-23)33(18-24-9-8-21(24)7-5-15-34)19-31(20-36-28)14-4-6-22-16-25(32)11-12-26(22)31/h10-13,15-17,21,24H,4-9,14,18-20H2,1-3H3/t21-,24+,31+/m1/s1. The molecule has 5 rings (SSSR count). The van der Waals surface area contributed by atoms with Crippen LogP contribution in [-0.4, -0.2) is 37.6 Å². The highest BCUT2D eigenvalue weighted by molar-refractivity contribution is 6.30. The third-order valence-corrected chi connectivity index (χ3v) is 8.59. The predicted octanol–water partition coefficient (Wildman–Crippen LogP) is 6.77. The van der Waals surface area contributed by atoms with Crippen LogP contribution >= 0.6 is 11.6 Å². The Morgan fingerprint density at radius 3 is 2.73 bits per heavy atom. The number of nitrogens with zero attached hydrogens (tertiary/aromatic N) is 1. The molecule has 6 heteroatoms. The van der Waals surface area contributed by atoms with Crippen LogP contribution in [0.15, 0.2) is 36.4 Å². The second-order valence-corrected chi connectivity index (χ2v) is 12.6. The zero-order valence-electron chi connectivity index (χ0n) is 22.2. The van der Waals surface area contributed by atoms with E-state index in [1.165, 1.54) is 24.0 Å². The SMILES string of the molecule is CC(C)(C)OC(=O)c1ccc2c(c1)N(C[C@@H]1CC[C@H]1CCC=O)C[C@@]1(CCCc3cc(Cl)ccc31)CO2. The van der Waals surface area contributed by atoms with Gasteiger partial charge in [0.15, 0.2) is 0 Å². The first-order chi connectivity index (χ1) is 17.7. The van der Waals surface area contributed by atoms with E-state index in [0.717, 1.165) is 61.5 Å². The van der Waals surface area contributed by atoms with Crippen molar-refractivity contribution in [3.8, 4) is 5.75 Å². The molecule has 1 spiro atoms. The lowest BCUT2D eigenvalue weighted by Crippen LogP contribution is -2.48. The van der Waals surface area contributed by atoms with Gasteiger partial charge in [0.1, 0.15) is 17.6 Å². The summed E-state index contributed by atoms with van der Waals surface area (Å²) in [7, 11) is 0. The van der Waals surface area contributed by atoms with Crippen LogP contribution in [0.1, 0.15) is 80.8 Å². The largest absolute Gasteiger partial charge is 0.490 e. The average Bonchev–Trinajstić information content (AvgIpc) is 2.98. The van der Waals surface area contributed by atoms with Gasteiger partial charge in [-0.25, -0.2) is 4.79 Å². The van der Waals surface area contributed by atoms with Crippen molar-refractivity contribution in [3.63, 3.8) is 0 Å². The third kappa shape index (κ3) is 5.52. The van der Waals surface area contributed by atoms with Crippen LogP contribution in [0.25, 0.3) is 0 Å². The summed E-state index contributed by atoms with van der Waals surface area (Å²) in [5.41, 5.74) is 3.44. The number of ether oxygens (including phenoxy) is 2. The van der Waals surface area contributed by atoms with E-state index in [2.05, 4.69) is 17.0 Å². The van der Waals surface area contributed by atoms with Gasteiger partial charge >= 0.3 is 5.97 Å². The highest BCUT2D eigenvalue weighted by Gasteiger charge is 2.43. The predicted molar refractivity (Wildman–Crippen MR) is 147 cm³/mol. The molecule has 0 unspecified atom stereocenters. The molecule has 0 saturated heterocycles. The lowest BCUT2D eigenvalue weighted by Gasteiger charge is -2.44. The molecule has 2 aromatic rings. The second-order valence-electron chi connectivity index (χ2n) is 12.1. The molecule has 198 valence electrons. The molecule has 37 heavy (non-hydrogen) atoms. The normalized spacial score (nSPS) is 24.8. The van der Waals surface area contributed by atoms with Crippen molar-refractivity contribution in [1.29, 1.82) is 0 Å². The van der Waals surface area contributed by atoms with E-state index in [4.69, 9.17) is 21.1 Å². The lowest BCUT2D eigenvalue weighted by molar-refractivity contribution is -0.108. The molecular formula is C31H38ClNO4. The van der Waals surface area contributed by atoms with Crippen LogP contribution in [0.4, 0.5) is 5.69 Å². The van der Waals surface area contributed by atoms with Gasteiger partial charge < -0.3 is 19.2 Å². The first-order valence-corrected chi connectivity index (χ1v) is 14.0. The van der Waals surface area contributed by atoms with E-state index >= 15 is 0 Å². The van der Waals surface area contributed by atoms with Gasteiger partial charge in [-0.3, -0.25) is 0 Å². The molecule has 2 aliphatic carbocycles. The van der Waals surface area contributed by atoms with Crippen molar-refractivity contribution in [3.05, 3.63) is 58.1 Å². The Morgan fingerprint density at radius 2 is 2.00 bits per heavy atom. The van der Waals surface area contributed by atoms with Crippen LogP contribution in [0.3, 0.4) is 0 Å². The van der Waals surface area contributed by atoms with Gasteiger partial charge in [-0.1, -0.05) is 17.7 Å². The smallest absolute Gasteiger partial charge is 0.338 e. The number of hydrogen-bond acceptors (Lipinski definition) is 5. The van der Waals surface area contributed by atoms with E-state index in [-0.39, 0.29) is 11.4 Å². The van der Waals surface area contributed by atoms with Crippen LogP contribution in [0.5, 0.6) is 5.75 Å². The van der Waals surface area contributed by atoms with E-state index in [9.17, 15) is 9.59 Å². The van der Waals surface area contributed by atoms with Crippen molar-refractivity contribution < 1.29 is 19.1 Å². The number of carbonyl (C=O) groups is 2. The first-order valence-electron chi connectivity index (χ1n) is 13.7. The van der Waals surface area contributed by atoms with Gasteiger partial charge in [-0.05, 0) is 113 Å². The number of benzene rings is 2. The molecule has 2 aromatic carbocycles. The number of anilines is 1. The highest BCUT2D eigenvalue weighted by atomic mass is 35.5. The van der Waals surface area contributed by atoms with E-state index in [1.807, 2.05) is 45.0 Å². The third-order valence-electron chi connectivity index (χ3n) is 8.36. The monoisotopic (exact) mass is 523 g/mol. The number of fused-ring (bicyclic) bond motifs is 3. The summed E-state index contributed by atoms with van der Waals surface area (Å²) in [5, 5.41) is 0.778. The fourth-order valence-electron chi connectivity index (χ4n) is 6.40. The number of esters is 1. The van der Waals surface area contributed by atoms with E-state index in [0.29, 0.717) is 30.4 Å². The minimum Gasteiger partial charge on any atom is -0.490 e. The molecule has 0 bridgehead atoms. The number of aldehydes is 1. The van der Waals surface area contributed by atoms with Crippen molar-refractivity contribution >= 4 is 29.5 Å². The Bertz CT molecular complexity index is 1170. The summed E-state index contributed by atoms with van der Waals surface area (Å²) in [6, 6.07) is 12.0. The molecule has 0 radical (unpaired) electrons. The Balaban J connectivity index is 1.51. The maximum Gasteiger partial charge on any atom is 0.338 e. The molecule has 1 fully saturated rings. The van der Waals surface area contributed by atoms with Crippen LogP contribution in [0, 0.1) is 11.8 Å². The minimum absolute atomic E-state index is 0.148. The molecule has 5 nitrogen and oxygen atoms in total. The molecule has 1 saturated carbocycles. The molecule has 0 amide bonds. The zero-order valence-corrected chi connectivity index (χ0v) is 23.0. The highest BCUT2D eigenvalue weighted by Crippen LogP contribution is 2.46. The van der Waals surface area contributed by atoms with Crippen molar-refractivity contribution in [2.75, 3.05) is 24.6 Å². The van der Waals surface area contributed by atoms with Crippen LogP contribution in [-0.2, 0) is 21.4 Å². The van der Waals surface area contributed by atoms with E-state index < -0.39 is 5.60 Å². The van der Waals surface area contributed by atoms with Gasteiger partial charge in [0.2, 0.25) is 0 Å². The summed E-state index contributed by atoms with van der Waals surface area (Å²) < 4.78 is 12.2. The van der Waals surface area contributed by atoms with Crippen molar-refractivity contribution in [1.82, 2.24) is 0 Å². The van der Waals surface area contributed by atoms with E-state index in [1.54, 1.807) is 0 Å². The van der Waals surface area contributed by atoms with Gasteiger partial charge in [-0.2, -0.15) is 0 Å². The van der Waals surface area contributed by atoms with Gasteiger partial charge in [-0.15, -0.1) is 0 Å². The number of halogens is 1. The first kappa shape index (κ1) is 26.1. The quantitative estimate of drug-likeness (QED) is 0.309. The minimum atomic E-state index is -0.561. The molecule has 1 aliphatic heterocycles. The Labute approximate surface area is 225 Å². The topological polar surface area (TPSA) is 55.8 Å². The second kappa shape index (κ2) is 10.3. The zero-order chi connectivity index (χ0) is 26.2. The molecule has 0 aromatic heterocycles. The maximum atomic E-state index is 13.0. The number of rotatable bonds is 6. The summed E-state index contributed by atoms with van der Waals surface area (Å²) >= 11 is 6.37. The van der Waals surface area contributed by atoms with Gasteiger partial charge in [0.05, 0.1) is 17.9 Å². The van der Waals surface area contributed by atoms with Crippen LogP contribution in [0.2, 0.25) is 5.02 Å². The molecule has 0 N–H and O–H groups in total. The number of carbonyl (C=O) groups excluding carboxylic acids is 2. The summed E-state index contributed by atoms with van der Waals surface area (Å²) in [6.07, 6.45) is 8.14. The Kier molecular flexibility index (Phi) is 7.28. The number of aryl methyl sites for hydroxylation is 1. The van der Waals surface area contributed by atoms with Crippen LogP contribution < -0.4 is 9.64 Å². The maximum absolute atomic E-state index is 13.0. The molecule has 1 heterocycles. The summed E-state index contributed by atoms with van der Waals surface area (Å²) in [6.45, 7) is 7.96. The van der Waals surface area contributed by atoms with Crippen molar-refractivity contribution in [2.45, 2.75) is 76.7 Å². The fourth-order valence-corrected chi connectivity index (χ4v) is 6.60. The summed E-state index contributed by atoms with van der Waals surface area (Å²) in [4.78, 5) is 26.4. The molecular weight excluding hydrogens is 486 g/mol. The molecule has 3 aliphatic rings. The van der Waals surface area contributed by atoms with Gasteiger partial charge in [0.25, 0.3) is 0 Å². The Hall–Kier alpha value is -2.53. The lowest BCUT2D eigenvalue weighted by atomic mass is 9.69. The number of hydrogen-bond donors (Lipinski definition) is 0. The summed E-state index contributed by atoms with van der Waals surface area (Å²) in [5.74, 6) is 1.59. The fraction of sp³-hybridized carbons (Fsp3) is 0.548. The van der Waals surface area contributed by atoms with Crippen molar-refractivity contribution in [2.24, 2.45) is 11.8 Å².